The SMILES string of the molecule is CCNC(CN(C)CCN(C)C)(C(=O)OC)C1CC1. The maximum atomic E-state index is 12.3. The molecule has 1 fully saturated rings. The first-order valence-electron chi connectivity index (χ1n) is 7.13. The topological polar surface area (TPSA) is 44.8 Å². The second kappa shape index (κ2) is 7.22. The van der Waals surface area contributed by atoms with Crippen LogP contribution >= 0.6 is 0 Å². The molecule has 1 saturated carbocycles. The Morgan fingerprint density at radius 3 is 2.37 bits per heavy atom. The first-order valence-corrected chi connectivity index (χ1v) is 7.13. The van der Waals surface area contributed by atoms with E-state index in [1.165, 1.54) is 7.11 Å². The second-order valence-electron chi connectivity index (χ2n) is 5.81. The monoisotopic (exact) mass is 271 g/mol. The van der Waals surface area contributed by atoms with Crippen LogP contribution < -0.4 is 5.32 Å². The van der Waals surface area contributed by atoms with Crippen molar-refractivity contribution < 1.29 is 9.53 Å². The first kappa shape index (κ1) is 16.4. The minimum atomic E-state index is -0.523. The Labute approximate surface area is 117 Å². The molecule has 19 heavy (non-hydrogen) atoms. The van der Waals surface area contributed by atoms with E-state index >= 15 is 0 Å². The van der Waals surface area contributed by atoms with Gasteiger partial charge in [-0.05, 0) is 46.4 Å². The fourth-order valence-corrected chi connectivity index (χ4v) is 2.58. The predicted molar refractivity (Wildman–Crippen MR) is 77.2 cm³/mol. The molecule has 0 aromatic heterocycles. The van der Waals surface area contributed by atoms with Crippen LogP contribution in [0.25, 0.3) is 0 Å². The number of esters is 1. The normalized spacial score (nSPS) is 18.7. The Balaban J connectivity index is 2.69. The summed E-state index contributed by atoms with van der Waals surface area (Å²) in [6.07, 6.45) is 2.23. The third-order valence-corrected chi connectivity index (χ3v) is 3.76. The zero-order chi connectivity index (χ0) is 14.5. The van der Waals surface area contributed by atoms with Crippen molar-refractivity contribution in [3.63, 3.8) is 0 Å². The molecule has 0 aliphatic heterocycles. The zero-order valence-electron chi connectivity index (χ0n) is 13.0. The van der Waals surface area contributed by atoms with E-state index in [9.17, 15) is 4.79 Å². The maximum absolute atomic E-state index is 12.3. The highest BCUT2D eigenvalue weighted by molar-refractivity contribution is 5.82. The summed E-state index contributed by atoms with van der Waals surface area (Å²) in [5, 5.41) is 3.40. The number of carbonyl (C=O) groups excluding carboxylic acids is 1. The van der Waals surface area contributed by atoms with Crippen molar-refractivity contribution in [2.45, 2.75) is 25.3 Å². The summed E-state index contributed by atoms with van der Waals surface area (Å²) in [5.74, 6) is 0.301. The van der Waals surface area contributed by atoms with Gasteiger partial charge in [0.05, 0.1) is 7.11 Å². The highest BCUT2D eigenvalue weighted by Gasteiger charge is 2.51. The fourth-order valence-electron chi connectivity index (χ4n) is 2.58. The van der Waals surface area contributed by atoms with E-state index in [1.807, 2.05) is 6.92 Å². The lowest BCUT2D eigenvalue weighted by molar-refractivity contribution is -0.150. The number of hydrogen-bond acceptors (Lipinski definition) is 5. The minimum Gasteiger partial charge on any atom is -0.468 e. The number of carbonyl (C=O) groups is 1. The van der Waals surface area contributed by atoms with Crippen LogP contribution in [0.2, 0.25) is 0 Å². The predicted octanol–water partition coefficient (Wildman–Crippen LogP) is 0.411. The lowest BCUT2D eigenvalue weighted by Gasteiger charge is -2.36. The molecule has 0 bridgehead atoms. The number of nitrogens with one attached hydrogen (secondary N) is 1. The first-order chi connectivity index (χ1) is 8.96. The van der Waals surface area contributed by atoms with Gasteiger partial charge in [0.25, 0.3) is 0 Å². The van der Waals surface area contributed by atoms with Gasteiger partial charge in [0, 0.05) is 19.6 Å². The minimum absolute atomic E-state index is 0.117. The van der Waals surface area contributed by atoms with Gasteiger partial charge >= 0.3 is 5.97 Å². The largest absolute Gasteiger partial charge is 0.468 e. The Kier molecular flexibility index (Phi) is 6.23. The average Bonchev–Trinajstić information content (AvgIpc) is 3.19. The van der Waals surface area contributed by atoms with E-state index < -0.39 is 5.54 Å². The summed E-state index contributed by atoms with van der Waals surface area (Å²) in [7, 11) is 7.68. The summed E-state index contributed by atoms with van der Waals surface area (Å²) in [6.45, 7) is 5.48. The van der Waals surface area contributed by atoms with Crippen LogP contribution in [0, 0.1) is 5.92 Å². The van der Waals surface area contributed by atoms with Gasteiger partial charge in [-0.2, -0.15) is 0 Å². The third-order valence-electron chi connectivity index (χ3n) is 3.76. The number of hydrogen-bond donors (Lipinski definition) is 1. The molecule has 1 atom stereocenters. The highest BCUT2D eigenvalue weighted by atomic mass is 16.5. The van der Waals surface area contributed by atoms with Crippen molar-refractivity contribution >= 4 is 5.97 Å². The van der Waals surface area contributed by atoms with Gasteiger partial charge in [-0.15, -0.1) is 0 Å². The van der Waals surface area contributed by atoms with Crippen molar-refractivity contribution in [1.29, 1.82) is 0 Å². The highest BCUT2D eigenvalue weighted by Crippen LogP contribution is 2.40. The van der Waals surface area contributed by atoms with Crippen LogP contribution in [0.3, 0.4) is 0 Å². The molecule has 0 amide bonds. The Morgan fingerprint density at radius 1 is 1.32 bits per heavy atom. The van der Waals surface area contributed by atoms with Gasteiger partial charge in [-0.25, -0.2) is 4.79 Å². The van der Waals surface area contributed by atoms with Gasteiger partial charge in [0.15, 0.2) is 0 Å². The Bertz CT molecular complexity index is 292. The molecular formula is C14H29N3O2. The number of rotatable bonds is 9. The molecule has 1 aliphatic carbocycles. The number of likely N-dealkylation sites (N-methyl/N-ethyl adjacent to an activating group) is 3. The summed E-state index contributed by atoms with van der Waals surface area (Å²) in [6, 6.07) is 0. The molecule has 1 rings (SSSR count). The Hall–Kier alpha value is -0.650. The molecule has 1 aliphatic rings. The molecule has 0 radical (unpaired) electrons. The van der Waals surface area contributed by atoms with Gasteiger partial charge in [-0.1, -0.05) is 6.92 Å². The van der Waals surface area contributed by atoms with Gasteiger partial charge < -0.3 is 19.9 Å². The summed E-state index contributed by atoms with van der Waals surface area (Å²) >= 11 is 0. The van der Waals surface area contributed by atoms with E-state index in [2.05, 4.69) is 36.3 Å². The number of ether oxygens (including phenoxy) is 1. The molecule has 0 spiro atoms. The molecule has 0 aromatic rings. The molecule has 0 heterocycles. The van der Waals surface area contributed by atoms with Crippen molar-refractivity contribution in [3.05, 3.63) is 0 Å². The summed E-state index contributed by atoms with van der Waals surface area (Å²) in [5.41, 5.74) is -0.523. The second-order valence-corrected chi connectivity index (χ2v) is 5.81. The van der Waals surface area contributed by atoms with Crippen molar-refractivity contribution in [1.82, 2.24) is 15.1 Å². The molecular weight excluding hydrogens is 242 g/mol. The van der Waals surface area contributed by atoms with E-state index in [-0.39, 0.29) is 5.97 Å². The number of nitrogens with zero attached hydrogens (tertiary/aromatic N) is 2. The van der Waals surface area contributed by atoms with E-state index in [0.29, 0.717) is 12.5 Å². The smallest absolute Gasteiger partial charge is 0.327 e. The van der Waals surface area contributed by atoms with Crippen molar-refractivity contribution in [3.8, 4) is 0 Å². The van der Waals surface area contributed by atoms with E-state index in [4.69, 9.17) is 4.74 Å². The standard InChI is InChI=1S/C14H29N3O2/c1-6-15-14(12-7-8-12,13(18)19-5)11-17(4)10-9-16(2)3/h12,15H,6-11H2,1-5H3. The quantitative estimate of drug-likeness (QED) is 0.616. The molecule has 0 aromatic carbocycles. The molecule has 1 N–H and O–H groups in total. The lowest BCUT2D eigenvalue weighted by atomic mass is 9.92. The van der Waals surface area contributed by atoms with Crippen LogP contribution in [0.5, 0.6) is 0 Å². The van der Waals surface area contributed by atoms with Gasteiger partial charge in [-0.3, -0.25) is 0 Å². The molecule has 1 unspecified atom stereocenters. The fraction of sp³-hybridized carbons (Fsp3) is 0.929. The van der Waals surface area contributed by atoms with Gasteiger partial charge in [0.2, 0.25) is 0 Å². The molecule has 112 valence electrons. The third kappa shape index (κ3) is 4.44. The van der Waals surface area contributed by atoms with Crippen LogP contribution in [0.4, 0.5) is 0 Å². The summed E-state index contributed by atoms with van der Waals surface area (Å²) in [4.78, 5) is 16.6. The lowest BCUT2D eigenvalue weighted by Crippen LogP contribution is -2.61. The van der Waals surface area contributed by atoms with Crippen molar-refractivity contribution in [2.75, 3.05) is 54.4 Å². The Morgan fingerprint density at radius 2 is 1.95 bits per heavy atom. The van der Waals surface area contributed by atoms with Gasteiger partial charge in [0.1, 0.15) is 5.54 Å². The van der Waals surface area contributed by atoms with Crippen LogP contribution in [-0.2, 0) is 9.53 Å². The van der Waals surface area contributed by atoms with Crippen molar-refractivity contribution in [2.24, 2.45) is 5.92 Å². The maximum Gasteiger partial charge on any atom is 0.327 e. The zero-order valence-corrected chi connectivity index (χ0v) is 13.0. The molecule has 0 saturated heterocycles. The van der Waals surface area contributed by atoms with Crippen LogP contribution in [0.15, 0.2) is 0 Å². The van der Waals surface area contributed by atoms with Crippen LogP contribution in [-0.4, -0.2) is 75.7 Å². The average molecular weight is 271 g/mol. The van der Waals surface area contributed by atoms with E-state index in [1.54, 1.807) is 0 Å². The van der Waals surface area contributed by atoms with E-state index in [0.717, 1.165) is 32.5 Å². The van der Waals surface area contributed by atoms with Crippen LogP contribution in [0.1, 0.15) is 19.8 Å². The molecule has 5 nitrogen and oxygen atoms in total. The molecule has 5 heteroatoms. The number of methoxy groups -OCH3 is 1. The summed E-state index contributed by atoms with van der Waals surface area (Å²) < 4.78 is 5.06.